The number of esters is 1. The maximum Gasteiger partial charge on any atom is 0.360 e. The molecule has 31 heavy (non-hydrogen) atoms. The van der Waals surface area contributed by atoms with Crippen molar-refractivity contribution in [2.75, 3.05) is 0 Å². The lowest BCUT2D eigenvalue weighted by Crippen LogP contribution is -2.50. The molecule has 164 valence electrons. The van der Waals surface area contributed by atoms with Gasteiger partial charge < -0.3 is 9.15 Å². The van der Waals surface area contributed by atoms with Gasteiger partial charge in [0.1, 0.15) is 11.9 Å². The Bertz CT molecular complexity index is 1040. The highest BCUT2D eigenvalue weighted by Crippen LogP contribution is 2.65. The van der Waals surface area contributed by atoms with Crippen LogP contribution < -0.4 is 0 Å². The number of aromatic amines is 1. The zero-order valence-electron chi connectivity index (χ0n) is 18.6. The summed E-state index contributed by atoms with van der Waals surface area (Å²) in [5, 5.41) is 7.44. The fraction of sp³-hybridized carbons (Fsp3) is 0.640. The molecule has 0 amide bonds. The van der Waals surface area contributed by atoms with Crippen molar-refractivity contribution in [3.05, 3.63) is 41.4 Å². The number of fused-ring (bicyclic) bond motifs is 6. The fourth-order valence-electron chi connectivity index (χ4n) is 7.67. The average molecular weight is 422 g/mol. The molecule has 0 bridgehead atoms. The number of nitrogens with zero attached hydrogens (tertiary/aromatic N) is 2. The molecular weight excluding hydrogens is 390 g/mol. The van der Waals surface area contributed by atoms with Crippen LogP contribution in [-0.2, 0) is 11.2 Å². The summed E-state index contributed by atoms with van der Waals surface area (Å²) in [5.41, 5.74) is 3.91. The Hall–Kier alpha value is -2.37. The SMILES string of the molecule is CC1(C)CC2C3CCC4=Cc5[nH]ncc5CC4C3CCC2C1(C)OC(=O)c1cocn1. The maximum atomic E-state index is 12.8. The van der Waals surface area contributed by atoms with E-state index in [4.69, 9.17) is 9.15 Å². The van der Waals surface area contributed by atoms with Crippen LogP contribution in [0.1, 0.15) is 74.6 Å². The van der Waals surface area contributed by atoms with E-state index in [0.717, 1.165) is 25.2 Å². The lowest BCUT2D eigenvalue weighted by atomic mass is 9.55. The number of hydrogen-bond acceptors (Lipinski definition) is 5. The molecule has 6 rings (SSSR count). The van der Waals surface area contributed by atoms with E-state index in [1.54, 1.807) is 5.57 Å². The second-order valence-corrected chi connectivity index (χ2v) is 11.0. The molecule has 3 fully saturated rings. The van der Waals surface area contributed by atoms with Crippen molar-refractivity contribution in [1.82, 2.24) is 15.2 Å². The molecule has 1 N–H and O–H groups in total. The Morgan fingerprint density at radius 3 is 2.87 bits per heavy atom. The summed E-state index contributed by atoms with van der Waals surface area (Å²) in [6.45, 7) is 6.73. The minimum absolute atomic E-state index is 0.0724. The summed E-state index contributed by atoms with van der Waals surface area (Å²) < 4.78 is 11.3. The first-order valence-corrected chi connectivity index (χ1v) is 11.7. The van der Waals surface area contributed by atoms with Crippen LogP contribution >= 0.6 is 0 Å². The average Bonchev–Trinajstić information content (AvgIpc) is 3.46. The van der Waals surface area contributed by atoms with Crippen molar-refractivity contribution >= 4 is 12.0 Å². The molecule has 0 aliphatic heterocycles. The minimum Gasteiger partial charge on any atom is -0.454 e. The Labute approximate surface area is 182 Å². The first kappa shape index (κ1) is 19.3. The van der Waals surface area contributed by atoms with E-state index in [0.29, 0.717) is 23.7 Å². The number of oxazole rings is 1. The van der Waals surface area contributed by atoms with Crippen molar-refractivity contribution in [1.29, 1.82) is 0 Å². The zero-order valence-corrected chi connectivity index (χ0v) is 18.6. The molecule has 0 radical (unpaired) electrons. The Balaban J connectivity index is 1.28. The number of aromatic nitrogens is 3. The highest BCUT2D eigenvalue weighted by atomic mass is 16.6. The number of carbonyl (C=O) groups excluding carboxylic acids is 1. The van der Waals surface area contributed by atoms with Crippen molar-refractivity contribution in [2.24, 2.45) is 35.0 Å². The highest BCUT2D eigenvalue weighted by molar-refractivity contribution is 5.87. The molecule has 4 aliphatic rings. The normalized spacial score (nSPS) is 37.8. The molecule has 4 aliphatic carbocycles. The van der Waals surface area contributed by atoms with Gasteiger partial charge in [0.2, 0.25) is 0 Å². The van der Waals surface area contributed by atoms with E-state index in [-0.39, 0.29) is 17.1 Å². The van der Waals surface area contributed by atoms with E-state index in [9.17, 15) is 4.79 Å². The quantitative estimate of drug-likeness (QED) is 0.686. The number of rotatable bonds is 2. The third-order valence-corrected chi connectivity index (χ3v) is 9.45. The molecule has 0 saturated heterocycles. The third kappa shape index (κ3) is 2.72. The van der Waals surface area contributed by atoms with Crippen molar-refractivity contribution in [3.8, 4) is 0 Å². The summed E-state index contributed by atoms with van der Waals surface area (Å²) in [6, 6.07) is 0. The number of nitrogens with one attached hydrogen (secondary N) is 1. The van der Waals surface area contributed by atoms with Gasteiger partial charge in [-0.2, -0.15) is 5.10 Å². The van der Waals surface area contributed by atoms with Crippen LogP contribution in [-0.4, -0.2) is 26.8 Å². The van der Waals surface area contributed by atoms with Crippen molar-refractivity contribution < 1.29 is 13.9 Å². The van der Waals surface area contributed by atoms with Gasteiger partial charge in [0.25, 0.3) is 0 Å². The zero-order chi connectivity index (χ0) is 21.4. The summed E-state index contributed by atoms with van der Waals surface area (Å²) in [7, 11) is 0. The van der Waals surface area contributed by atoms with E-state index in [2.05, 4.69) is 42.0 Å². The molecule has 3 saturated carbocycles. The lowest BCUT2D eigenvalue weighted by molar-refractivity contribution is -0.0972. The number of H-pyrrole nitrogens is 1. The predicted octanol–water partition coefficient (Wildman–Crippen LogP) is 5.05. The van der Waals surface area contributed by atoms with Crippen LogP contribution in [0.5, 0.6) is 0 Å². The minimum atomic E-state index is -0.487. The van der Waals surface area contributed by atoms with Crippen LogP contribution in [0.25, 0.3) is 6.08 Å². The number of allylic oxidation sites excluding steroid dienone is 1. The van der Waals surface area contributed by atoms with Gasteiger partial charge in [0.05, 0.1) is 11.9 Å². The van der Waals surface area contributed by atoms with E-state index >= 15 is 0 Å². The molecule has 6 heteroatoms. The van der Waals surface area contributed by atoms with Gasteiger partial charge in [-0.25, -0.2) is 9.78 Å². The second kappa shape index (κ2) is 6.57. The molecule has 2 aromatic heterocycles. The van der Waals surface area contributed by atoms with Gasteiger partial charge in [0.15, 0.2) is 12.1 Å². The number of carbonyl (C=O) groups is 1. The van der Waals surface area contributed by atoms with Gasteiger partial charge in [-0.15, -0.1) is 0 Å². The molecule has 6 nitrogen and oxygen atoms in total. The van der Waals surface area contributed by atoms with Gasteiger partial charge >= 0.3 is 5.97 Å². The molecule has 0 aromatic carbocycles. The Kier molecular flexibility index (Phi) is 4.09. The first-order valence-electron chi connectivity index (χ1n) is 11.7. The molecule has 0 spiro atoms. The van der Waals surface area contributed by atoms with Crippen molar-refractivity contribution in [2.45, 2.75) is 64.9 Å². The monoisotopic (exact) mass is 421 g/mol. The van der Waals surface area contributed by atoms with Gasteiger partial charge in [-0.3, -0.25) is 5.10 Å². The van der Waals surface area contributed by atoms with Crippen LogP contribution in [0.15, 0.2) is 28.8 Å². The topological polar surface area (TPSA) is 81.0 Å². The summed E-state index contributed by atoms with van der Waals surface area (Å²) in [6.07, 6.45) is 14.1. The molecule has 6 unspecified atom stereocenters. The third-order valence-electron chi connectivity index (χ3n) is 9.45. The van der Waals surface area contributed by atoms with Gasteiger partial charge in [-0.1, -0.05) is 19.4 Å². The predicted molar refractivity (Wildman–Crippen MR) is 115 cm³/mol. The smallest absolute Gasteiger partial charge is 0.360 e. The standard InChI is InChI=1S/C25H31N3O3/c1-24(2)10-19-17-5-4-14-9-21-15(11-27-28-21)8-18(14)16(17)6-7-20(19)25(24,3)31-23(29)22-12-30-13-26-22/h9,11-13,16-20H,4-8,10H2,1-3H3,(H,27,28). The van der Waals surface area contributed by atoms with E-state index in [1.807, 2.05) is 6.20 Å². The lowest BCUT2D eigenvalue weighted by Gasteiger charge is -2.51. The van der Waals surface area contributed by atoms with Gasteiger partial charge in [0, 0.05) is 11.3 Å². The number of ether oxygens (including phenoxy) is 1. The van der Waals surface area contributed by atoms with E-state index < -0.39 is 5.60 Å². The van der Waals surface area contributed by atoms with Crippen LogP contribution in [0.2, 0.25) is 0 Å². The van der Waals surface area contributed by atoms with Crippen LogP contribution in [0, 0.1) is 35.0 Å². The summed E-state index contributed by atoms with van der Waals surface area (Å²) in [5.74, 6) is 2.74. The maximum absolute atomic E-state index is 12.8. The Morgan fingerprint density at radius 2 is 2.06 bits per heavy atom. The van der Waals surface area contributed by atoms with Gasteiger partial charge in [-0.05, 0) is 80.8 Å². The second-order valence-electron chi connectivity index (χ2n) is 11.0. The molecule has 2 aromatic rings. The van der Waals surface area contributed by atoms with Crippen molar-refractivity contribution in [3.63, 3.8) is 0 Å². The number of hydrogen-bond donors (Lipinski definition) is 1. The van der Waals surface area contributed by atoms with Crippen LogP contribution in [0.3, 0.4) is 0 Å². The summed E-state index contributed by atoms with van der Waals surface area (Å²) in [4.78, 5) is 16.8. The largest absolute Gasteiger partial charge is 0.454 e. The summed E-state index contributed by atoms with van der Waals surface area (Å²) >= 11 is 0. The molecule has 6 atom stereocenters. The Morgan fingerprint density at radius 1 is 1.19 bits per heavy atom. The highest BCUT2D eigenvalue weighted by Gasteiger charge is 2.63. The first-order chi connectivity index (χ1) is 14.9. The molecule has 2 heterocycles. The molecular formula is C25H31N3O3. The van der Waals surface area contributed by atoms with Crippen LogP contribution in [0.4, 0.5) is 0 Å². The van der Waals surface area contributed by atoms with E-state index in [1.165, 1.54) is 43.2 Å². The fourth-order valence-corrected chi connectivity index (χ4v) is 7.67.